The number of nitrogens with zero attached hydrogens (tertiary/aromatic N) is 1. The second kappa shape index (κ2) is 6.10. The first-order chi connectivity index (χ1) is 8.41. The summed E-state index contributed by atoms with van der Waals surface area (Å²) >= 11 is 3.04. The van der Waals surface area contributed by atoms with Crippen LogP contribution in [0.3, 0.4) is 0 Å². The minimum absolute atomic E-state index is 0.133. The maximum atomic E-state index is 11.7. The van der Waals surface area contributed by atoms with Gasteiger partial charge in [-0.2, -0.15) is 0 Å². The van der Waals surface area contributed by atoms with Gasteiger partial charge in [0.25, 0.3) is 5.91 Å². The zero-order valence-corrected chi connectivity index (χ0v) is 10.5. The van der Waals surface area contributed by atoms with Crippen molar-refractivity contribution in [1.82, 2.24) is 10.3 Å². The number of hydrogen-bond donors (Lipinski definition) is 3. The zero-order valence-electron chi connectivity index (χ0n) is 8.96. The van der Waals surface area contributed by atoms with E-state index in [4.69, 9.17) is 10.2 Å². The van der Waals surface area contributed by atoms with Crippen LogP contribution in [0.25, 0.3) is 0 Å². The molecule has 0 spiro atoms. The standard InChI is InChI=1S/C10H9BrN2O5/c11-8-5(2-1-3-12-8)9(16)13-6(10(17)18)4-7(14)15/h1-3,6H,4H2,(H,13,16)(H,14,15)(H,17,18)/t6-/m1/s1. The summed E-state index contributed by atoms with van der Waals surface area (Å²) in [5.41, 5.74) is 0.133. The van der Waals surface area contributed by atoms with Crippen molar-refractivity contribution in [3.8, 4) is 0 Å². The van der Waals surface area contributed by atoms with E-state index in [1.54, 1.807) is 0 Å². The summed E-state index contributed by atoms with van der Waals surface area (Å²) in [5, 5.41) is 19.4. The van der Waals surface area contributed by atoms with Gasteiger partial charge < -0.3 is 15.5 Å². The summed E-state index contributed by atoms with van der Waals surface area (Å²) in [4.78, 5) is 36.8. The molecule has 0 aliphatic carbocycles. The Bertz CT molecular complexity index is 491. The molecule has 0 unspecified atom stereocenters. The SMILES string of the molecule is O=C(O)C[C@@H](NC(=O)c1cccnc1Br)C(=O)O. The van der Waals surface area contributed by atoms with Gasteiger partial charge in [0.15, 0.2) is 0 Å². The number of hydrogen-bond acceptors (Lipinski definition) is 4. The summed E-state index contributed by atoms with van der Waals surface area (Å²) in [6.45, 7) is 0. The number of carboxylic acid groups (broad SMARTS) is 2. The lowest BCUT2D eigenvalue weighted by Gasteiger charge is -2.12. The van der Waals surface area contributed by atoms with Crippen LogP contribution in [0.2, 0.25) is 0 Å². The zero-order chi connectivity index (χ0) is 13.7. The monoisotopic (exact) mass is 316 g/mol. The third kappa shape index (κ3) is 3.81. The van der Waals surface area contributed by atoms with Crippen molar-refractivity contribution in [2.24, 2.45) is 0 Å². The molecule has 0 aliphatic heterocycles. The van der Waals surface area contributed by atoms with Crippen LogP contribution in [0.1, 0.15) is 16.8 Å². The Morgan fingerprint density at radius 3 is 2.56 bits per heavy atom. The van der Waals surface area contributed by atoms with Crippen molar-refractivity contribution in [2.75, 3.05) is 0 Å². The Morgan fingerprint density at radius 2 is 2.06 bits per heavy atom. The van der Waals surface area contributed by atoms with Crippen LogP contribution < -0.4 is 5.32 Å². The highest BCUT2D eigenvalue weighted by molar-refractivity contribution is 9.10. The Morgan fingerprint density at radius 1 is 1.39 bits per heavy atom. The number of rotatable bonds is 5. The second-order valence-electron chi connectivity index (χ2n) is 3.30. The molecule has 1 rings (SSSR count). The molecule has 0 aliphatic rings. The first-order valence-electron chi connectivity index (χ1n) is 4.77. The number of nitrogens with one attached hydrogen (secondary N) is 1. The molecule has 8 heteroatoms. The lowest BCUT2D eigenvalue weighted by molar-refractivity contribution is -0.145. The Kier molecular flexibility index (Phi) is 4.78. The van der Waals surface area contributed by atoms with Gasteiger partial charge in [0.1, 0.15) is 10.6 Å². The molecule has 96 valence electrons. The summed E-state index contributed by atoms with van der Waals surface area (Å²) in [7, 11) is 0. The van der Waals surface area contributed by atoms with Gasteiger partial charge in [-0.25, -0.2) is 9.78 Å². The molecule has 1 amide bonds. The number of aliphatic carboxylic acids is 2. The van der Waals surface area contributed by atoms with Crippen LogP contribution >= 0.6 is 15.9 Å². The van der Waals surface area contributed by atoms with E-state index in [1.165, 1.54) is 18.3 Å². The predicted octanol–water partition coefficient (Wildman–Crippen LogP) is 0.502. The van der Waals surface area contributed by atoms with Gasteiger partial charge in [-0.05, 0) is 28.1 Å². The smallest absolute Gasteiger partial charge is 0.326 e. The molecule has 1 atom stereocenters. The molecule has 0 bridgehead atoms. The topological polar surface area (TPSA) is 117 Å². The highest BCUT2D eigenvalue weighted by Gasteiger charge is 2.24. The number of halogens is 1. The molecule has 0 saturated carbocycles. The molecule has 0 aromatic carbocycles. The van der Waals surface area contributed by atoms with E-state index in [2.05, 4.69) is 26.2 Å². The molecular weight excluding hydrogens is 308 g/mol. The summed E-state index contributed by atoms with van der Waals surface area (Å²) in [6, 6.07) is 1.46. The van der Waals surface area contributed by atoms with Gasteiger partial charge in [0, 0.05) is 6.20 Å². The van der Waals surface area contributed by atoms with E-state index in [0.717, 1.165) is 0 Å². The van der Waals surface area contributed by atoms with Crippen LogP contribution in [0, 0.1) is 0 Å². The molecular formula is C10H9BrN2O5. The van der Waals surface area contributed by atoms with Gasteiger partial charge in [-0.1, -0.05) is 0 Å². The van der Waals surface area contributed by atoms with Crippen molar-refractivity contribution in [3.05, 3.63) is 28.5 Å². The van der Waals surface area contributed by atoms with Crippen LogP contribution in [-0.2, 0) is 9.59 Å². The maximum absolute atomic E-state index is 11.7. The van der Waals surface area contributed by atoms with Crippen molar-refractivity contribution in [1.29, 1.82) is 0 Å². The normalized spacial score (nSPS) is 11.6. The number of carboxylic acids is 2. The molecule has 3 N–H and O–H groups in total. The largest absolute Gasteiger partial charge is 0.481 e. The van der Waals surface area contributed by atoms with Crippen LogP contribution in [-0.4, -0.2) is 39.1 Å². The fourth-order valence-electron chi connectivity index (χ4n) is 1.17. The molecule has 0 saturated heterocycles. The lowest BCUT2D eigenvalue weighted by Crippen LogP contribution is -2.42. The molecule has 18 heavy (non-hydrogen) atoms. The molecule has 0 radical (unpaired) electrons. The molecule has 1 aromatic heterocycles. The summed E-state index contributed by atoms with van der Waals surface area (Å²) < 4.78 is 0.252. The number of aromatic nitrogens is 1. The third-order valence-corrected chi connectivity index (χ3v) is 2.62. The van der Waals surface area contributed by atoms with E-state index in [-0.39, 0.29) is 10.2 Å². The highest BCUT2D eigenvalue weighted by Crippen LogP contribution is 2.12. The van der Waals surface area contributed by atoms with Crippen LogP contribution in [0.15, 0.2) is 22.9 Å². The Hall–Kier alpha value is -1.96. The van der Waals surface area contributed by atoms with Gasteiger partial charge in [0.05, 0.1) is 12.0 Å². The lowest BCUT2D eigenvalue weighted by atomic mass is 10.2. The van der Waals surface area contributed by atoms with Crippen LogP contribution in [0.5, 0.6) is 0 Å². The summed E-state index contributed by atoms with van der Waals surface area (Å²) in [6.07, 6.45) is 0.756. The number of carbonyl (C=O) groups is 3. The van der Waals surface area contributed by atoms with Gasteiger partial charge in [-0.15, -0.1) is 0 Å². The molecule has 1 heterocycles. The summed E-state index contributed by atoms with van der Waals surface area (Å²) in [5.74, 6) is -3.43. The van der Waals surface area contributed by atoms with Crippen molar-refractivity contribution in [3.63, 3.8) is 0 Å². The molecule has 1 aromatic rings. The average Bonchev–Trinajstić information content (AvgIpc) is 2.27. The van der Waals surface area contributed by atoms with E-state index in [9.17, 15) is 14.4 Å². The minimum Gasteiger partial charge on any atom is -0.481 e. The van der Waals surface area contributed by atoms with Gasteiger partial charge >= 0.3 is 11.9 Å². The van der Waals surface area contributed by atoms with Gasteiger partial charge in [0.2, 0.25) is 0 Å². The van der Waals surface area contributed by atoms with Crippen molar-refractivity contribution >= 4 is 33.8 Å². The van der Waals surface area contributed by atoms with Gasteiger partial charge in [-0.3, -0.25) is 9.59 Å². The van der Waals surface area contributed by atoms with Crippen molar-refractivity contribution in [2.45, 2.75) is 12.5 Å². The van der Waals surface area contributed by atoms with Crippen LogP contribution in [0.4, 0.5) is 0 Å². The number of carbonyl (C=O) groups excluding carboxylic acids is 1. The molecule has 7 nitrogen and oxygen atoms in total. The number of pyridine rings is 1. The first-order valence-corrected chi connectivity index (χ1v) is 5.57. The Balaban J connectivity index is 2.82. The fraction of sp³-hybridized carbons (Fsp3) is 0.200. The third-order valence-electron chi connectivity index (χ3n) is 1.99. The Labute approximate surface area is 110 Å². The predicted molar refractivity (Wildman–Crippen MR) is 63.1 cm³/mol. The maximum Gasteiger partial charge on any atom is 0.326 e. The highest BCUT2D eigenvalue weighted by atomic mass is 79.9. The second-order valence-corrected chi connectivity index (χ2v) is 4.06. The number of amides is 1. The van der Waals surface area contributed by atoms with Crippen molar-refractivity contribution < 1.29 is 24.6 Å². The van der Waals surface area contributed by atoms with E-state index in [1.807, 2.05) is 0 Å². The minimum atomic E-state index is -1.48. The fourth-order valence-corrected chi connectivity index (χ4v) is 1.60. The van der Waals surface area contributed by atoms with E-state index in [0.29, 0.717) is 0 Å². The molecule has 0 fully saturated rings. The van der Waals surface area contributed by atoms with E-state index >= 15 is 0 Å². The van der Waals surface area contributed by atoms with E-state index < -0.39 is 30.3 Å². The average molecular weight is 317 g/mol. The quantitative estimate of drug-likeness (QED) is 0.681. The first kappa shape index (κ1) is 14.1.